The average Bonchev–Trinajstić information content (AvgIpc) is 2.74. The Hall–Kier alpha value is -3.67. The molecule has 2 amide bonds. The van der Waals surface area contributed by atoms with Crippen molar-refractivity contribution in [3.63, 3.8) is 0 Å². The van der Waals surface area contributed by atoms with Crippen molar-refractivity contribution in [2.45, 2.75) is 13.3 Å². The largest absolute Gasteiger partial charge is 0.484 e. The molecule has 0 fully saturated rings. The predicted molar refractivity (Wildman–Crippen MR) is 111 cm³/mol. The lowest BCUT2D eigenvalue weighted by Gasteiger charge is -2.10. The minimum Gasteiger partial charge on any atom is -0.484 e. The molecule has 29 heavy (non-hydrogen) atoms. The number of aryl methyl sites for hydroxylation is 1. The molecule has 3 rings (SSSR count). The quantitative estimate of drug-likeness (QED) is 0.615. The fraction of sp³-hybridized carbons (Fsp3) is 0.130. The lowest BCUT2D eigenvalue weighted by molar-refractivity contribution is -0.118. The highest BCUT2D eigenvalue weighted by molar-refractivity contribution is 6.05. The van der Waals surface area contributed by atoms with Gasteiger partial charge in [-0.3, -0.25) is 9.59 Å². The molecule has 6 heteroatoms. The molecule has 0 saturated heterocycles. The summed E-state index contributed by atoms with van der Waals surface area (Å²) in [6.07, 6.45) is 0.936. The minimum atomic E-state index is -0.378. The molecule has 2 N–H and O–H groups in total. The molecule has 0 bridgehead atoms. The van der Waals surface area contributed by atoms with E-state index in [1.807, 2.05) is 24.3 Å². The molecule has 0 aliphatic rings. The number of hydrogen-bond acceptors (Lipinski definition) is 3. The maximum Gasteiger partial charge on any atom is 0.262 e. The van der Waals surface area contributed by atoms with Crippen molar-refractivity contribution in [2.75, 3.05) is 17.2 Å². The van der Waals surface area contributed by atoms with Gasteiger partial charge in [-0.1, -0.05) is 25.1 Å². The number of rotatable bonds is 7. The highest BCUT2D eigenvalue weighted by atomic mass is 19.1. The summed E-state index contributed by atoms with van der Waals surface area (Å²) in [5, 5.41) is 5.39. The van der Waals surface area contributed by atoms with Crippen molar-refractivity contribution in [1.29, 1.82) is 0 Å². The van der Waals surface area contributed by atoms with E-state index in [1.165, 1.54) is 29.8 Å². The molecule has 0 aromatic heterocycles. The smallest absolute Gasteiger partial charge is 0.262 e. The molecule has 0 aliphatic carbocycles. The highest BCUT2D eigenvalue weighted by Crippen LogP contribution is 2.15. The van der Waals surface area contributed by atoms with Crippen LogP contribution in [0.15, 0.2) is 72.8 Å². The third-order valence-electron chi connectivity index (χ3n) is 4.21. The molecule has 148 valence electrons. The Balaban J connectivity index is 1.56. The number of nitrogens with one attached hydrogen (secondary N) is 2. The summed E-state index contributed by atoms with van der Waals surface area (Å²) in [4.78, 5) is 24.5. The monoisotopic (exact) mass is 392 g/mol. The van der Waals surface area contributed by atoms with Crippen LogP contribution >= 0.6 is 0 Å². The van der Waals surface area contributed by atoms with E-state index in [2.05, 4.69) is 17.6 Å². The second kappa shape index (κ2) is 9.50. The third-order valence-corrected chi connectivity index (χ3v) is 4.21. The van der Waals surface area contributed by atoms with E-state index in [9.17, 15) is 14.0 Å². The van der Waals surface area contributed by atoms with Crippen molar-refractivity contribution in [3.8, 4) is 5.75 Å². The lowest BCUT2D eigenvalue weighted by atomic mass is 10.1. The fourth-order valence-corrected chi connectivity index (χ4v) is 2.64. The molecule has 0 heterocycles. The zero-order valence-electron chi connectivity index (χ0n) is 15.9. The summed E-state index contributed by atoms with van der Waals surface area (Å²) in [5.74, 6) is -0.457. The van der Waals surface area contributed by atoms with E-state index < -0.39 is 0 Å². The van der Waals surface area contributed by atoms with E-state index in [-0.39, 0.29) is 24.2 Å². The van der Waals surface area contributed by atoms with Gasteiger partial charge in [0.25, 0.3) is 11.8 Å². The number of carbonyl (C=O) groups is 2. The van der Waals surface area contributed by atoms with Gasteiger partial charge in [0.05, 0.1) is 0 Å². The zero-order valence-corrected chi connectivity index (χ0v) is 15.9. The first-order chi connectivity index (χ1) is 14.0. The van der Waals surface area contributed by atoms with Gasteiger partial charge in [0, 0.05) is 16.9 Å². The summed E-state index contributed by atoms with van der Waals surface area (Å²) >= 11 is 0. The van der Waals surface area contributed by atoms with Crippen molar-refractivity contribution in [2.24, 2.45) is 0 Å². The normalized spacial score (nSPS) is 10.3. The van der Waals surface area contributed by atoms with Crippen LogP contribution in [-0.2, 0) is 11.2 Å². The van der Waals surface area contributed by atoms with Crippen LogP contribution in [0.5, 0.6) is 5.75 Å². The summed E-state index contributed by atoms with van der Waals surface area (Å²) < 4.78 is 18.4. The van der Waals surface area contributed by atoms with E-state index in [1.54, 1.807) is 24.3 Å². The van der Waals surface area contributed by atoms with E-state index >= 15 is 0 Å². The van der Waals surface area contributed by atoms with Gasteiger partial charge in [0.2, 0.25) is 0 Å². The Morgan fingerprint density at radius 3 is 2.31 bits per heavy atom. The number of ether oxygens (including phenoxy) is 1. The molecule has 0 spiro atoms. The SMILES string of the molecule is CCc1ccc(OCC(=O)Nc2cccc(C(=O)Nc3ccc(F)cc3)c2)cc1. The second-order valence-electron chi connectivity index (χ2n) is 6.38. The Bertz CT molecular complexity index is 986. The minimum absolute atomic E-state index is 0.141. The maximum absolute atomic E-state index is 13.0. The van der Waals surface area contributed by atoms with E-state index in [0.717, 1.165) is 6.42 Å². The number of amides is 2. The number of carbonyl (C=O) groups excluding carboxylic acids is 2. The first-order valence-corrected chi connectivity index (χ1v) is 9.22. The van der Waals surface area contributed by atoms with Gasteiger partial charge >= 0.3 is 0 Å². The molecular formula is C23H21FN2O3. The molecule has 0 aliphatic heterocycles. The number of benzene rings is 3. The van der Waals surface area contributed by atoms with E-state index in [0.29, 0.717) is 22.7 Å². The standard InChI is InChI=1S/C23H21FN2O3/c1-2-16-6-12-21(13-7-16)29-15-22(27)25-20-5-3-4-17(14-20)23(28)26-19-10-8-18(24)9-11-19/h3-14H,2,15H2,1H3,(H,25,27)(H,26,28). The summed E-state index contributed by atoms with van der Waals surface area (Å²) in [5.41, 5.74) is 2.51. The van der Waals surface area contributed by atoms with Crippen LogP contribution in [0.4, 0.5) is 15.8 Å². The molecule has 0 radical (unpaired) electrons. The van der Waals surface area contributed by atoms with Crippen molar-refractivity contribution < 1.29 is 18.7 Å². The lowest BCUT2D eigenvalue weighted by Crippen LogP contribution is -2.20. The molecule has 5 nitrogen and oxygen atoms in total. The van der Waals surface area contributed by atoms with Crippen molar-refractivity contribution >= 4 is 23.2 Å². The van der Waals surface area contributed by atoms with Crippen LogP contribution < -0.4 is 15.4 Å². The fourth-order valence-electron chi connectivity index (χ4n) is 2.64. The van der Waals surface area contributed by atoms with Gasteiger partial charge < -0.3 is 15.4 Å². The highest BCUT2D eigenvalue weighted by Gasteiger charge is 2.09. The molecule has 0 atom stereocenters. The maximum atomic E-state index is 13.0. The Morgan fingerprint density at radius 2 is 1.62 bits per heavy atom. The van der Waals surface area contributed by atoms with Gasteiger partial charge in [-0.25, -0.2) is 4.39 Å². The molecule has 3 aromatic rings. The van der Waals surface area contributed by atoms with Gasteiger partial charge in [0.15, 0.2) is 6.61 Å². The number of anilines is 2. The van der Waals surface area contributed by atoms with Crippen LogP contribution in [0.1, 0.15) is 22.8 Å². The van der Waals surface area contributed by atoms with Crippen LogP contribution in [0, 0.1) is 5.82 Å². The van der Waals surface area contributed by atoms with Crippen molar-refractivity contribution in [1.82, 2.24) is 0 Å². The Labute approximate surface area is 168 Å². The van der Waals surface area contributed by atoms with Gasteiger partial charge in [-0.15, -0.1) is 0 Å². The topological polar surface area (TPSA) is 67.4 Å². The molecule has 3 aromatic carbocycles. The molecular weight excluding hydrogens is 371 g/mol. The molecule has 0 saturated carbocycles. The zero-order chi connectivity index (χ0) is 20.6. The summed E-state index contributed by atoms with van der Waals surface area (Å²) in [6, 6.07) is 19.6. The summed E-state index contributed by atoms with van der Waals surface area (Å²) in [7, 11) is 0. The van der Waals surface area contributed by atoms with Crippen LogP contribution in [0.2, 0.25) is 0 Å². The molecule has 0 unspecified atom stereocenters. The van der Waals surface area contributed by atoms with Gasteiger partial charge in [-0.05, 0) is 66.6 Å². The third kappa shape index (κ3) is 5.90. The average molecular weight is 392 g/mol. The summed E-state index contributed by atoms with van der Waals surface area (Å²) in [6.45, 7) is 1.93. The first-order valence-electron chi connectivity index (χ1n) is 9.22. The van der Waals surface area contributed by atoms with Crippen LogP contribution in [-0.4, -0.2) is 18.4 Å². The Kier molecular flexibility index (Phi) is 6.58. The van der Waals surface area contributed by atoms with E-state index in [4.69, 9.17) is 4.74 Å². The van der Waals surface area contributed by atoms with Gasteiger partial charge in [-0.2, -0.15) is 0 Å². The number of hydrogen-bond donors (Lipinski definition) is 2. The van der Waals surface area contributed by atoms with Crippen LogP contribution in [0.3, 0.4) is 0 Å². The van der Waals surface area contributed by atoms with Crippen molar-refractivity contribution in [3.05, 3.63) is 89.7 Å². The predicted octanol–water partition coefficient (Wildman–Crippen LogP) is 4.66. The van der Waals surface area contributed by atoms with Gasteiger partial charge in [0.1, 0.15) is 11.6 Å². The first kappa shape index (κ1) is 20.1. The second-order valence-corrected chi connectivity index (χ2v) is 6.38. The van der Waals surface area contributed by atoms with Crippen LogP contribution in [0.25, 0.3) is 0 Å². The Morgan fingerprint density at radius 1 is 0.897 bits per heavy atom. The number of halogens is 1.